The second kappa shape index (κ2) is 13.9. The average Bonchev–Trinajstić information content (AvgIpc) is 3.27. The van der Waals surface area contributed by atoms with Crippen LogP contribution in [0.3, 0.4) is 0 Å². The van der Waals surface area contributed by atoms with Crippen LogP contribution >= 0.6 is 18.9 Å². The van der Waals surface area contributed by atoms with Gasteiger partial charge in [0.25, 0.3) is 0 Å². The molecule has 1 aromatic heterocycles. The number of aryl methyl sites for hydroxylation is 2. The molecule has 0 fully saturated rings. The zero-order valence-electron chi connectivity index (χ0n) is 21.1. The fourth-order valence-electron chi connectivity index (χ4n) is 3.41. The van der Waals surface area contributed by atoms with E-state index in [9.17, 15) is 19.0 Å². The SMILES string of the molecule is C[C@H](CCc1ccc(C(=O)CCCCc2ccccc2)s1)CCP(=O)(O)ONC(=O)OC(C)(C)C. The molecule has 35 heavy (non-hydrogen) atoms. The van der Waals surface area contributed by atoms with Crippen molar-refractivity contribution in [1.82, 2.24) is 5.48 Å². The number of carbonyl (C=O) groups excluding carboxylic acids is 2. The third-order valence-electron chi connectivity index (χ3n) is 5.36. The van der Waals surface area contributed by atoms with Gasteiger partial charge >= 0.3 is 13.7 Å². The molecule has 1 heterocycles. The van der Waals surface area contributed by atoms with Gasteiger partial charge < -0.3 is 9.63 Å². The largest absolute Gasteiger partial charge is 0.442 e. The zero-order chi connectivity index (χ0) is 25.9. The summed E-state index contributed by atoms with van der Waals surface area (Å²) in [7, 11) is -3.96. The van der Waals surface area contributed by atoms with Gasteiger partial charge in [0.15, 0.2) is 5.78 Å². The molecule has 0 spiro atoms. The van der Waals surface area contributed by atoms with Crippen LogP contribution in [-0.4, -0.2) is 28.5 Å². The summed E-state index contributed by atoms with van der Waals surface area (Å²) in [6, 6.07) is 14.2. The number of hydrogen-bond donors (Lipinski definition) is 2. The summed E-state index contributed by atoms with van der Waals surface area (Å²) in [5.41, 5.74) is 2.47. The molecule has 0 radical (unpaired) electrons. The molecular formula is C26H38NO6PS. The Morgan fingerprint density at radius 2 is 1.77 bits per heavy atom. The van der Waals surface area contributed by atoms with Crippen molar-refractivity contribution in [3.05, 3.63) is 57.8 Å². The van der Waals surface area contributed by atoms with Crippen LogP contribution in [0.25, 0.3) is 0 Å². The Balaban J connectivity index is 1.65. The van der Waals surface area contributed by atoms with Gasteiger partial charge in [-0.2, -0.15) is 10.1 Å². The van der Waals surface area contributed by atoms with E-state index in [1.54, 1.807) is 20.8 Å². The smallest absolute Gasteiger partial charge is 0.432 e. The first-order valence-corrected chi connectivity index (χ1v) is 14.7. The molecule has 0 aliphatic carbocycles. The minimum atomic E-state index is -3.96. The predicted octanol–water partition coefficient (Wildman–Crippen LogP) is 6.94. The van der Waals surface area contributed by atoms with Crippen molar-refractivity contribution < 1.29 is 28.4 Å². The molecule has 1 unspecified atom stereocenters. The number of benzene rings is 1. The van der Waals surface area contributed by atoms with E-state index in [-0.39, 0.29) is 17.9 Å². The van der Waals surface area contributed by atoms with Crippen molar-refractivity contribution in [2.45, 2.75) is 78.2 Å². The van der Waals surface area contributed by atoms with Crippen LogP contribution in [0.15, 0.2) is 42.5 Å². The third-order valence-corrected chi connectivity index (χ3v) is 7.74. The van der Waals surface area contributed by atoms with Gasteiger partial charge in [0.1, 0.15) is 5.60 Å². The third kappa shape index (κ3) is 12.5. The maximum Gasteiger partial charge on any atom is 0.432 e. The summed E-state index contributed by atoms with van der Waals surface area (Å²) < 4.78 is 21.8. The Morgan fingerprint density at radius 1 is 1.06 bits per heavy atom. The van der Waals surface area contributed by atoms with Crippen molar-refractivity contribution in [3.8, 4) is 0 Å². The Morgan fingerprint density at radius 3 is 2.46 bits per heavy atom. The molecule has 7 nitrogen and oxygen atoms in total. The lowest BCUT2D eigenvalue weighted by atomic mass is 10.0. The predicted molar refractivity (Wildman–Crippen MR) is 140 cm³/mol. The van der Waals surface area contributed by atoms with E-state index in [0.29, 0.717) is 12.8 Å². The maximum atomic E-state index is 12.5. The second-order valence-corrected chi connectivity index (χ2v) is 12.9. The maximum absolute atomic E-state index is 12.5. The molecule has 2 atom stereocenters. The van der Waals surface area contributed by atoms with Gasteiger partial charge in [-0.05, 0) is 82.9 Å². The topological polar surface area (TPSA) is 102 Å². The molecule has 194 valence electrons. The Bertz CT molecular complexity index is 985. The van der Waals surface area contributed by atoms with E-state index in [0.717, 1.165) is 41.9 Å². The zero-order valence-corrected chi connectivity index (χ0v) is 22.8. The lowest BCUT2D eigenvalue weighted by molar-refractivity contribution is 0.0261. The number of Topliss-reactive ketones (excluding diaryl/α,β-unsaturated/α-hetero) is 1. The monoisotopic (exact) mass is 523 g/mol. The number of hydroxylamine groups is 1. The van der Waals surface area contributed by atoms with Crippen LogP contribution in [0.5, 0.6) is 0 Å². The number of ketones is 1. The molecular weight excluding hydrogens is 485 g/mol. The highest BCUT2D eigenvalue weighted by molar-refractivity contribution is 7.52. The minimum Gasteiger partial charge on any atom is -0.442 e. The number of unbranched alkanes of at least 4 members (excludes halogenated alkanes) is 1. The summed E-state index contributed by atoms with van der Waals surface area (Å²) in [5, 5.41) is 0. The van der Waals surface area contributed by atoms with Crippen LogP contribution in [0, 0.1) is 5.92 Å². The molecule has 0 aliphatic heterocycles. The van der Waals surface area contributed by atoms with Crippen LogP contribution in [0.4, 0.5) is 4.79 Å². The number of hydrogen-bond acceptors (Lipinski definition) is 6. The fraction of sp³-hybridized carbons (Fsp3) is 0.538. The van der Waals surface area contributed by atoms with E-state index >= 15 is 0 Å². The van der Waals surface area contributed by atoms with Gasteiger partial charge in [-0.1, -0.05) is 37.3 Å². The first-order valence-electron chi connectivity index (χ1n) is 12.1. The van der Waals surface area contributed by atoms with E-state index in [4.69, 9.17) is 9.36 Å². The van der Waals surface area contributed by atoms with E-state index in [1.807, 2.05) is 42.7 Å². The van der Waals surface area contributed by atoms with Gasteiger partial charge in [-0.25, -0.2) is 4.79 Å². The average molecular weight is 524 g/mol. The summed E-state index contributed by atoms with van der Waals surface area (Å²) in [6.45, 7) is 7.07. The lowest BCUT2D eigenvalue weighted by Crippen LogP contribution is -2.32. The molecule has 0 aliphatic rings. The van der Waals surface area contributed by atoms with Crippen molar-refractivity contribution in [1.29, 1.82) is 0 Å². The fourth-order valence-corrected chi connectivity index (χ4v) is 5.48. The lowest BCUT2D eigenvalue weighted by Gasteiger charge is -2.20. The highest BCUT2D eigenvalue weighted by Gasteiger charge is 2.24. The molecule has 9 heteroatoms. The summed E-state index contributed by atoms with van der Waals surface area (Å²) >= 11 is 1.54. The van der Waals surface area contributed by atoms with Crippen molar-refractivity contribution >= 4 is 30.8 Å². The molecule has 0 bridgehead atoms. The Hall–Kier alpha value is -1.99. The molecule has 2 aromatic rings. The summed E-state index contributed by atoms with van der Waals surface area (Å²) in [4.78, 5) is 36.0. The number of nitrogens with one attached hydrogen (secondary N) is 1. The molecule has 2 N–H and O–H groups in total. The summed E-state index contributed by atoms with van der Waals surface area (Å²) in [5.74, 6) is 0.373. The van der Waals surface area contributed by atoms with Crippen molar-refractivity contribution in [3.63, 3.8) is 0 Å². The highest BCUT2D eigenvalue weighted by atomic mass is 32.1. The van der Waals surface area contributed by atoms with Crippen LogP contribution < -0.4 is 5.48 Å². The minimum absolute atomic E-state index is 0.0683. The first kappa shape index (κ1) is 29.2. The highest BCUT2D eigenvalue weighted by Crippen LogP contribution is 2.42. The van der Waals surface area contributed by atoms with Gasteiger partial charge in [0.05, 0.1) is 11.0 Å². The van der Waals surface area contributed by atoms with E-state index in [2.05, 4.69) is 12.1 Å². The second-order valence-electron chi connectivity index (χ2n) is 9.87. The molecule has 1 amide bonds. The van der Waals surface area contributed by atoms with Crippen LogP contribution in [0.2, 0.25) is 0 Å². The van der Waals surface area contributed by atoms with Crippen molar-refractivity contribution in [2.75, 3.05) is 6.16 Å². The number of thiophene rings is 1. The molecule has 1 aromatic carbocycles. The van der Waals surface area contributed by atoms with Gasteiger partial charge in [0.2, 0.25) is 0 Å². The van der Waals surface area contributed by atoms with E-state index in [1.165, 1.54) is 16.9 Å². The Kier molecular flexibility index (Phi) is 11.6. The van der Waals surface area contributed by atoms with Gasteiger partial charge in [-0.15, -0.1) is 11.3 Å². The van der Waals surface area contributed by atoms with Gasteiger partial charge in [-0.3, -0.25) is 9.36 Å². The van der Waals surface area contributed by atoms with E-state index < -0.39 is 19.3 Å². The van der Waals surface area contributed by atoms with Crippen LogP contribution in [-0.2, 0) is 26.8 Å². The molecule has 2 rings (SSSR count). The quantitative estimate of drug-likeness (QED) is 0.120. The van der Waals surface area contributed by atoms with Crippen molar-refractivity contribution in [2.24, 2.45) is 5.92 Å². The first-order chi connectivity index (χ1) is 16.4. The molecule has 0 saturated carbocycles. The van der Waals surface area contributed by atoms with Gasteiger partial charge in [0, 0.05) is 11.3 Å². The molecule has 0 saturated heterocycles. The Labute approximate surface area is 212 Å². The normalized spacial score (nSPS) is 14.2. The number of ether oxygens (including phenoxy) is 1. The number of rotatable bonds is 14. The summed E-state index contributed by atoms with van der Waals surface area (Å²) in [6.07, 6.45) is 4.56. The van der Waals surface area contributed by atoms with Crippen LogP contribution in [0.1, 0.15) is 79.9 Å². The number of carbonyl (C=O) groups is 2. The standard InChI is InChI=1S/C26H38NO6PS/c1-20(18-19-34(30,31)33-27-25(29)32-26(2,3)4)14-15-22-16-17-24(35-22)23(28)13-9-8-12-21-10-6-5-7-11-21/h5-7,10-11,16-17,20H,8-9,12-15,18-19H2,1-4H3,(H,27,29)(H,30,31)/t20-/m1/s1. The number of amides is 1.